The van der Waals surface area contributed by atoms with E-state index in [4.69, 9.17) is 0 Å². The molecule has 0 saturated heterocycles. The van der Waals surface area contributed by atoms with Crippen molar-refractivity contribution < 1.29 is 13.6 Å². The molecule has 0 radical (unpaired) electrons. The maximum absolute atomic E-state index is 13.3. The van der Waals surface area contributed by atoms with Gasteiger partial charge in [0.15, 0.2) is 0 Å². The molecular weight excluding hydrogens is 198 g/mol. The van der Waals surface area contributed by atoms with E-state index in [0.29, 0.717) is 12.0 Å². The van der Waals surface area contributed by atoms with Gasteiger partial charge in [0, 0.05) is 5.41 Å². The highest BCUT2D eigenvalue weighted by molar-refractivity contribution is 5.85. The van der Waals surface area contributed by atoms with E-state index in [1.165, 1.54) is 13.0 Å². The lowest BCUT2D eigenvalue weighted by molar-refractivity contribution is -0.121. The molecular formula is C12H12F2O. The standard InChI is InChI=1S/C12H12F2O/c1-8(15)12(4-5-12)7-9-6-10(13)2-3-11(9)14/h2-3,6H,4-5,7H2,1H3. The molecule has 1 saturated carbocycles. The Kier molecular flexibility index (Phi) is 2.33. The molecule has 3 heteroatoms. The third kappa shape index (κ3) is 1.91. The van der Waals surface area contributed by atoms with Gasteiger partial charge < -0.3 is 0 Å². The molecule has 1 nitrogen and oxygen atoms in total. The summed E-state index contributed by atoms with van der Waals surface area (Å²) in [5.41, 5.74) is -0.100. The highest BCUT2D eigenvalue weighted by Crippen LogP contribution is 2.49. The lowest BCUT2D eigenvalue weighted by Gasteiger charge is -2.11. The molecule has 0 amide bonds. The van der Waals surface area contributed by atoms with Gasteiger partial charge in [-0.3, -0.25) is 4.79 Å². The summed E-state index contributed by atoms with van der Waals surface area (Å²) in [7, 11) is 0. The highest BCUT2D eigenvalue weighted by atomic mass is 19.1. The number of rotatable bonds is 3. The average molecular weight is 210 g/mol. The van der Waals surface area contributed by atoms with E-state index in [1.54, 1.807) is 0 Å². The summed E-state index contributed by atoms with van der Waals surface area (Å²) in [4.78, 5) is 11.3. The fourth-order valence-corrected chi connectivity index (χ4v) is 1.85. The minimum absolute atomic E-state index is 0.0751. The quantitative estimate of drug-likeness (QED) is 0.749. The lowest BCUT2D eigenvalue weighted by Crippen LogP contribution is -2.15. The maximum Gasteiger partial charge on any atom is 0.136 e. The smallest absolute Gasteiger partial charge is 0.136 e. The Morgan fingerprint density at radius 2 is 2.07 bits per heavy atom. The van der Waals surface area contributed by atoms with Crippen LogP contribution in [-0.2, 0) is 11.2 Å². The predicted octanol–water partition coefficient (Wildman–Crippen LogP) is 2.88. The summed E-state index contributed by atoms with van der Waals surface area (Å²) in [6.07, 6.45) is 1.91. The molecule has 0 aliphatic heterocycles. The number of benzene rings is 1. The molecule has 15 heavy (non-hydrogen) atoms. The summed E-state index contributed by atoms with van der Waals surface area (Å²) in [5.74, 6) is -0.805. The molecule has 1 aromatic rings. The van der Waals surface area contributed by atoms with Crippen LogP contribution in [-0.4, -0.2) is 5.78 Å². The first-order valence-corrected chi connectivity index (χ1v) is 4.98. The number of halogens is 2. The van der Waals surface area contributed by atoms with Crippen molar-refractivity contribution in [3.8, 4) is 0 Å². The lowest BCUT2D eigenvalue weighted by atomic mass is 9.92. The van der Waals surface area contributed by atoms with Gasteiger partial charge >= 0.3 is 0 Å². The van der Waals surface area contributed by atoms with Crippen LogP contribution in [0.5, 0.6) is 0 Å². The fourth-order valence-electron chi connectivity index (χ4n) is 1.85. The molecule has 1 aliphatic carbocycles. The molecule has 1 aromatic carbocycles. The third-order valence-electron chi connectivity index (χ3n) is 3.14. The second-order valence-electron chi connectivity index (χ2n) is 4.25. The van der Waals surface area contributed by atoms with E-state index in [-0.39, 0.29) is 5.78 Å². The van der Waals surface area contributed by atoms with Gasteiger partial charge in [-0.15, -0.1) is 0 Å². The van der Waals surface area contributed by atoms with Crippen LogP contribution in [0, 0.1) is 17.0 Å². The zero-order valence-corrected chi connectivity index (χ0v) is 8.52. The topological polar surface area (TPSA) is 17.1 Å². The fraction of sp³-hybridized carbons (Fsp3) is 0.417. The number of Topliss-reactive ketones (excluding diaryl/α,β-unsaturated/α-hetero) is 1. The summed E-state index contributed by atoms with van der Waals surface area (Å²) >= 11 is 0. The Hall–Kier alpha value is -1.25. The van der Waals surface area contributed by atoms with Crippen LogP contribution in [0.4, 0.5) is 8.78 Å². The Bertz CT molecular complexity index is 408. The summed E-state index contributed by atoms with van der Waals surface area (Å²) in [6, 6.07) is 3.38. The molecule has 0 N–H and O–H groups in total. The monoisotopic (exact) mass is 210 g/mol. The zero-order chi connectivity index (χ0) is 11.1. The summed E-state index contributed by atoms with van der Waals surface area (Å²) in [5, 5.41) is 0. The van der Waals surface area contributed by atoms with Crippen LogP contribution in [0.2, 0.25) is 0 Å². The molecule has 0 unspecified atom stereocenters. The SMILES string of the molecule is CC(=O)C1(Cc2cc(F)ccc2F)CC1. The predicted molar refractivity (Wildman–Crippen MR) is 52.4 cm³/mol. The summed E-state index contributed by atoms with van der Waals surface area (Å²) in [6.45, 7) is 1.52. The number of ketones is 1. The molecule has 1 aliphatic rings. The van der Waals surface area contributed by atoms with E-state index >= 15 is 0 Å². The normalized spacial score (nSPS) is 17.5. The second kappa shape index (κ2) is 3.40. The van der Waals surface area contributed by atoms with Crippen LogP contribution in [0.3, 0.4) is 0 Å². The van der Waals surface area contributed by atoms with Crippen molar-refractivity contribution in [2.24, 2.45) is 5.41 Å². The van der Waals surface area contributed by atoms with E-state index in [0.717, 1.165) is 25.0 Å². The Balaban J connectivity index is 2.24. The van der Waals surface area contributed by atoms with Gasteiger partial charge in [0.2, 0.25) is 0 Å². The van der Waals surface area contributed by atoms with Crippen molar-refractivity contribution >= 4 is 5.78 Å². The largest absolute Gasteiger partial charge is 0.299 e. The highest BCUT2D eigenvalue weighted by Gasteiger charge is 2.47. The molecule has 2 rings (SSSR count). The van der Waals surface area contributed by atoms with Gasteiger partial charge in [0.1, 0.15) is 17.4 Å². The van der Waals surface area contributed by atoms with Crippen molar-refractivity contribution in [3.05, 3.63) is 35.4 Å². The van der Waals surface area contributed by atoms with Crippen molar-refractivity contribution in [1.82, 2.24) is 0 Å². The van der Waals surface area contributed by atoms with E-state index < -0.39 is 17.0 Å². The first-order valence-electron chi connectivity index (χ1n) is 4.98. The minimum atomic E-state index is -0.453. The van der Waals surface area contributed by atoms with Crippen LogP contribution >= 0.6 is 0 Å². The Labute approximate surface area is 87.1 Å². The van der Waals surface area contributed by atoms with E-state index in [9.17, 15) is 13.6 Å². The maximum atomic E-state index is 13.3. The minimum Gasteiger partial charge on any atom is -0.299 e. The number of hydrogen-bond acceptors (Lipinski definition) is 1. The molecule has 0 atom stereocenters. The summed E-state index contributed by atoms with van der Waals surface area (Å²) < 4.78 is 26.2. The molecule has 0 bridgehead atoms. The second-order valence-corrected chi connectivity index (χ2v) is 4.25. The molecule has 0 spiro atoms. The van der Waals surface area contributed by atoms with Crippen LogP contribution in [0.15, 0.2) is 18.2 Å². The van der Waals surface area contributed by atoms with Gasteiger partial charge in [-0.1, -0.05) is 0 Å². The van der Waals surface area contributed by atoms with Gasteiger partial charge in [0.25, 0.3) is 0 Å². The van der Waals surface area contributed by atoms with Crippen molar-refractivity contribution in [2.75, 3.05) is 0 Å². The zero-order valence-electron chi connectivity index (χ0n) is 8.52. The number of carbonyl (C=O) groups is 1. The van der Waals surface area contributed by atoms with Crippen molar-refractivity contribution in [3.63, 3.8) is 0 Å². The van der Waals surface area contributed by atoms with Gasteiger partial charge in [-0.25, -0.2) is 8.78 Å². The van der Waals surface area contributed by atoms with Gasteiger partial charge in [-0.05, 0) is 49.9 Å². The van der Waals surface area contributed by atoms with Gasteiger partial charge in [-0.2, -0.15) is 0 Å². The van der Waals surface area contributed by atoms with Crippen LogP contribution in [0.25, 0.3) is 0 Å². The molecule has 1 fully saturated rings. The first kappa shape index (κ1) is 10.3. The third-order valence-corrected chi connectivity index (χ3v) is 3.14. The average Bonchev–Trinajstić information content (AvgIpc) is 2.92. The van der Waals surface area contributed by atoms with Crippen molar-refractivity contribution in [1.29, 1.82) is 0 Å². The van der Waals surface area contributed by atoms with E-state index in [2.05, 4.69) is 0 Å². The molecule has 80 valence electrons. The van der Waals surface area contributed by atoms with Gasteiger partial charge in [0.05, 0.1) is 0 Å². The Morgan fingerprint density at radius 1 is 1.40 bits per heavy atom. The molecule has 0 aromatic heterocycles. The van der Waals surface area contributed by atoms with E-state index in [1.807, 2.05) is 0 Å². The van der Waals surface area contributed by atoms with Crippen LogP contribution in [0.1, 0.15) is 25.3 Å². The molecule has 0 heterocycles. The Morgan fingerprint density at radius 3 is 2.60 bits per heavy atom. The number of hydrogen-bond donors (Lipinski definition) is 0. The first-order chi connectivity index (χ1) is 7.03. The number of carbonyl (C=O) groups excluding carboxylic acids is 1. The van der Waals surface area contributed by atoms with Crippen LogP contribution < -0.4 is 0 Å². The van der Waals surface area contributed by atoms with Crippen molar-refractivity contribution in [2.45, 2.75) is 26.2 Å².